The summed E-state index contributed by atoms with van der Waals surface area (Å²) >= 11 is 7.36. The molecule has 0 atom stereocenters. The number of nitrogens with two attached hydrogens (primary N) is 1. The van der Waals surface area contributed by atoms with Gasteiger partial charge in [0.2, 0.25) is 0 Å². The van der Waals surface area contributed by atoms with Crippen LogP contribution in [0.15, 0.2) is 18.2 Å². The molecule has 2 rings (SSSR count). The third-order valence-corrected chi connectivity index (χ3v) is 3.82. The summed E-state index contributed by atoms with van der Waals surface area (Å²) in [6.07, 6.45) is 0. The molecule has 100 valence electrons. The molecule has 0 bridgehead atoms. The van der Waals surface area contributed by atoms with Crippen molar-refractivity contribution in [3.8, 4) is 0 Å². The Labute approximate surface area is 120 Å². The predicted octanol–water partition coefficient (Wildman–Crippen LogP) is 3.35. The Morgan fingerprint density at radius 2 is 2.16 bits per heavy atom. The van der Waals surface area contributed by atoms with Gasteiger partial charge in [0.1, 0.15) is 11.6 Å². The number of rotatable bonds is 3. The number of nitrogen functional groups attached to an aromatic ring is 1. The van der Waals surface area contributed by atoms with Crippen LogP contribution in [0.1, 0.15) is 25.9 Å². The molecule has 0 saturated carbocycles. The Hall–Kier alpha value is -1.59. The quantitative estimate of drug-likeness (QED) is 0.697. The first kappa shape index (κ1) is 13.8. The van der Waals surface area contributed by atoms with E-state index in [1.807, 2.05) is 13.8 Å². The van der Waals surface area contributed by atoms with Crippen LogP contribution in [-0.2, 0) is 11.3 Å². The number of thiazole rings is 1. The number of ether oxygens (including phenoxy) is 1. The second-order valence-corrected chi connectivity index (χ2v) is 5.82. The van der Waals surface area contributed by atoms with Crippen LogP contribution >= 0.6 is 22.9 Å². The Morgan fingerprint density at radius 3 is 2.74 bits per heavy atom. The fourth-order valence-corrected chi connectivity index (χ4v) is 2.63. The summed E-state index contributed by atoms with van der Waals surface area (Å²) in [5.41, 5.74) is 7.36. The van der Waals surface area contributed by atoms with E-state index in [0.29, 0.717) is 16.3 Å². The van der Waals surface area contributed by atoms with Gasteiger partial charge in [0, 0.05) is 15.6 Å². The van der Waals surface area contributed by atoms with E-state index < -0.39 is 5.97 Å². The number of benzene rings is 1. The minimum Gasteiger partial charge on any atom is -0.455 e. The summed E-state index contributed by atoms with van der Waals surface area (Å²) < 4.78 is 5.19. The highest BCUT2D eigenvalue weighted by Crippen LogP contribution is 2.20. The van der Waals surface area contributed by atoms with Crippen molar-refractivity contribution in [2.24, 2.45) is 0 Å². The van der Waals surface area contributed by atoms with Gasteiger partial charge in [0.25, 0.3) is 0 Å². The molecule has 2 N–H and O–H groups in total. The SMILES string of the molecule is Cc1nc(COC(=O)c2cc(N)cc(Cl)c2)sc1C. The molecule has 4 nitrogen and oxygen atoms in total. The van der Waals surface area contributed by atoms with Crippen LogP contribution in [0, 0.1) is 13.8 Å². The summed E-state index contributed by atoms with van der Waals surface area (Å²) in [5, 5.41) is 1.19. The molecule has 0 fully saturated rings. The third kappa shape index (κ3) is 3.45. The smallest absolute Gasteiger partial charge is 0.338 e. The van der Waals surface area contributed by atoms with Crippen LogP contribution in [0.3, 0.4) is 0 Å². The van der Waals surface area contributed by atoms with Crippen molar-refractivity contribution in [2.75, 3.05) is 5.73 Å². The number of carbonyl (C=O) groups excluding carboxylic acids is 1. The zero-order valence-electron chi connectivity index (χ0n) is 10.6. The number of anilines is 1. The summed E-state index contributed by atoms with van der Waals surface area (Å²) in [4.78, 5) is 17.3. The lowest BCUT2D eigenvalue weighted by molar-refractivity contribution is 0.0472. The van der Waals surface area contributed by atoms with Crippen LogP contribution in [-0.4, -0.2) is 11.0 Å². The second-order valence-electron chi connectivity index (χ2n) is 4.10. The summed E-state index contributed by atoms with van der Waals surface area (Å²) in [6, 6.07) is 4.64. The number of hydrogen-bond donors (Lipinski definition) is 1. The molecule has 1 aromatic heterocycles. The van der Waals surface area contributed by atoms with E-state index in [-0.39, 0.29) is 6.61 Å². The average Bonchev–Trinajstić information content (AvgIpc) is 2.64. The van der Waals surface area contributed by atoms with Gasteiger partial charge in [-0.2, -0.15) is 0 Å². The first-order valence-corrected chi connectivity index (χ1v) is 6.81. The summed E-state index contributed by atoms with van der Waals surface area (Å²) in [5.74, 6) is -0.459. The monoisotopic (exact) mass is 296 g/mol. The van der Waals surface area contributed by atoms with Crippen molar-refractivity contribution in [2.45, 2.75) is 20.5 Å². The van der Waals surface area contributed by atoms with Crippen LogP contribution < -0.4 is 5.73 Å². The zero-order valence-corrected chi connectivity index (χ0v) is 12.1. The largest absolute Gasteiger partial charge is 0.455 e. The number of hydrogen-bond acceptors (Lipinski definition) is 5. The maximum absolute atomic E-state index is 11.9. The Morgan fingerprint density at radius 1 is 1.42 bits per heavy atom. The van der Waals surface area contributed by atoms with Crippen LogP contribution in [0.4, 0.5) is 5.69 Å². The molecule has 2 aromatic rings. The topological polar surface area (TPSA) is 65.2 Å². The molecular formula is C13H13ClN2O2S. The van der Waals surface area contributed by atoms with Crippen LogP contribution in [0.5, 0.6) is 0 Å². The van der Waals surface area contributed by atoms with Gasteiger partial charge in [-0.05, 0) is 32.0 Å². The van der Waals surface area contributed by atoms with Crippen LogP contribution in [0.2, 0.25) is 5.02 Å². The number of esters is 1. The van der Waals surface area contributed by atoms with E-state index >= 15 is 0 Å². The summed E-state index contributed by atoms with van der Waals surface area (Å²) in [6.45, 7) is 4.06. The van der Waals surface area contributed by atoms with Crippen molar-refractivity contribution in [3.05, 3.63) is 44.4 Å². The van der Waals surface area contributed by atoms with E-state index in [2.05, 4.69) is 4.98 Å². The third-order valence-electron chi connectivity index (χ3n) is 2.56. The minimum atomic E-state index is -0.459. The van der Waals surface area contributed by atoms with Gasteiger partial charge in [0.15, 0.2) is 0 Å². The predicted molar refractivity (Wildman–Crippen MR) is 76.6 cm³/mol. The molecule has 0 unspecified atom stereocenters. The number of halogens is 1. The first-order valence-electron chi connectivity index (χ1n) is 5.62. The van der Waals surface area contributed by atoms with Gasteiger partial charge in [-0.1, -0.05) is 11.6 Å². The fraction of sp³-hybridized carbons (Fsp3) is 0.231. The van der Waals surface area contributed by atoms with Crippen molar-refractivity contribution < 1.29 is 9.53 Å². The van der Waals surface area contributed by atoms with Crippen molar-refractivity contribution >= 4 is 34.6 Å². The van der Waals surface area contributed by atoms with E-state index in [4.69, 9.17) is 22.1 Å². The van der Waals surface area contributed by atoms with Crippen molar-refractivity contribution in [3.63, 3.8) is 0 Å². The normalized spacial score (nSPS) is 10.5. The number of aryl methyl sites for hydroxylation is 2. The Bertz CT molecular complexity index is 585. The molecule has 0 aliphatic carbocycles. The molecule has 0 saturated heterocycles. The molecule has 0 aliphatic heterocycles. The second kappa shape index (κ2) is 5.59. The molecule has 1 heterocycles. The molecule has 6 heteroatoms. The highest BCUT2D eigenvalue weighted by atomic mass is 35.5. The average molecular weight is 297 g/mol. The van der Waals surface area contributed by atoms with E-state index in [1.165, 1.54) is 23.5 Å². The number of carbonyl (C=O) groups is 1. The lowest BCUT2D eigenvalue weighted by Gasteiger charge is -2.04. The van der Waals surface area contributed by atoms with Gasteiger partial charge in [-0.3, -0.25) is 0 Å². The maximum atomic E-state index is 11.9. The molecular weight excluding hydrogens is 284 g/mol. The minimum absolute atomic E-state index is 0.157. The molecule has 19 heavy (non-hydrogen) atoms. The standard InChI is InChI=1S/C13H13ClN2O2S/c1-7-8(2)19-12(16-7)6-18-13(17)9-3-10(14)5-11(15)4-9/h3-5H,6,15H2,1-2H3. The van der Waals surface area contributed by atoms with Gasteiger partial charge in [-0.25, -0.2) is 9.78 Å². The Balaban J connectivity index is 2.05. The van der Waals surface area contributed by atoms with E-state index in [9.17, 15) is 4.79 Å². The molecule has 0 radical (unpaired) electrons. The maximum Gasteiger partial charge on any atom is 0.338 e. The van der Waals surface area contributed by atoms with Crippen molar-refractivity contribution in [1.82, 2.24) is 4.98 Å². The molecule has 1 aromatic carbocycles. The zero-order chi connectivity index (χ0) is 14.0. The molecule has 0 amide bonds. The van der Waals surface area contributed by atoms with Gasteiger partial charge in [-0.15, -0.1) is 11.3 Å². The van der Waals surface area contributed by atoms with Crippen molar-refractivity contribution in [1.29, 1.82) is 0 Å². The first-order chi connectivity index (χ1) is 8.95. The lowest BCUT2D eigenvalue weighted by Crippen LogP contribution is -2.05. The molecule has 0 spiro atoms. The highest BCUT2D eigenvalue weighted by molar-refractivity contribution is 7.11. The fourth-order valence-electron chi connectivity index (χ4n) is 1.54. The van der Waals surface area contributed by atoms with Gasteiger partial charge >= 0.3 is 5.97 Å². The van der Waals surface area contributed by atoms with E-state index in [0.717, 1.165) is 15.6 Å². The molecule has 0 aliphatic rings. The van der Waals surface area contributed by atoms with Crippen LogP contribution in [0.25, 0.3) is 0 Å². The highest BCUT2D eigenvalue weighted by Gasteiger charge is 2.11. The van der Waals surface area contributed by atoms with Gasteiger partial charge < -0.3 is 10.5 Å². The Kier molecular flexibility index (Phi) is 4.07. The lowest BCUT2D eigenvalue weighted by atomic mass is 10.2. The number of nitrogens with zero attached hydrogens (tertiary/aromatic N) is 1. The van der Waals surface area contributed by atoms with E-state index in [1.54, 1.807) is 6.07 Å². The summed E-state index contributed by atoms with van der Waals surface area (Å²) in [7, 11) is 0. The van der Waals surface area contributed by atoms with Gasteiger partial charge in [0.05, 0.1) is 11.3 Å². The number of aromatic nitrogens is 1.